The molecule has 0 aliphatic carbocycles. The van der Waals surface area contributed by atoms with Crippen LogP contribution in [0.5, 0.6) is 5.75 Å². The summed E-state index contributed by atoms with van der Waals surface area (Å²) in [5.41, 5.74) is 1.95. The fourth-order valence-corrected chi connectivity index (χ4v) is 3.30. The number of amides is 1. The number of hydrogen-bond donors (Lipinski definition) is 1. The number of hydrogen-bond acceptors (Lipinski definition) is 5. The maximum absolute atomic E-state index is 13.0. The van der Waals surface area contributed by atoms with Gasteiger partial charge in [0.05, 0.1) is 29.8 Å². The highest BCUT2D eigenvalue weighted by atomic mass is 19.1. The first-order valence-corrected chi connectivity index (χ1v) is 9.08. The van der Waals surface area contributed by atoms with E-state index in [2.05, 4.69) is 15.3 Å². The van der Waals surface area contributed by atoms with Crippen LogP contribution in [0.15, 0.2) is 42.5 Å². The van der Waals surface area contributed by atoms with E-state index < -0.39 is 0 Å². The van der Waals surface area contributed by atoms with Gasteiger partial charge in [-0.2, -0.15) is 5.10 Å². The van der Waals surface area contributed by atoms with Crippen LogP contribution in [0.25, 0.3) is 10.9 Å². The Hall–Kier alpha value is -3.13. The topological polar surface area (TPSA) is 68.6 Å². The first kappa shape index (κ1) is 18.2. The lowest BCUT2D eigenvalue weighted by atomic mass is 10.1. The number of morpholine rings is 1. The molecule has 1 aromatic heterocycles. The molecule has 2 aromatic carbocycles. The highest BCUT2D eigenvalue weighted by Gasteiger charge is 2.20. The Morgan fingerprint density at radius 3 is 2.71 bits per heavy atom. The smallest absolute Gasteiger partial charge is 0.263 e. The number of benzene rings is 2. The van der Waals surface area contributed by atoms with Gasteiger partial charge in [0.1, 0.15) is 11.6 Å². The zero-order chi connectivity index (χ0) is 19.5. The molecule has 1 aliphatic rings. The number of nitrogens with zero attached hydrogens (tertiary/aromatic N) is 3. The second kappa shape index (κ2) is 7.85. The van der Waals surface area contributed by atoms with Gasteiger partial charge in [0.2, 0.25) is 0 Å². The molecule has 28 heavy (non-hydrogen) atoms. The summed E-state index contributed by atoms with van der Waals surface area (Å²) in [5, 5.41) is 8.20. The zero-order valence-corrected chi connectivity index (χ0v) is 15.5. The van der Waals surface area contributed by atoms with Crippen molar-refractivity contribution in [3.05, 3.63) is 48.3 Å². The van der Waals surface area contributed by atoms with E-state index >= 15 is 0 Å². The lowest BCUT2D eigenvalue weighted by Gasteiger charge is -2.29. The van der Waals surface area contributed by atoms with Crippen LogP contribution in [0.2, 0.25) is 0 Å². The SMILES string of the molecule is Cn1nc(NC(=O)COc2ccc(F)cc2)c2c(N3CCOCC3)cccc21. The van der Waals surface area contributed by atoms with Crippen molar-refractivity contribution < 1.29 is 18.7 Å². The van der Waals surface area contributed by atoms with E-state index in [1.165, 1.54) is 24.3 Å². The third-order valence-corrected chi connectivity index (χ3v) is 4.65. The van der Waals surface area contributed by atoms with Crippen LogP contribution in [0, 0.1) is 5.82 Å². The van der Waals surface area contributed by atoms with Gasteiger partial charge >= 0.3 is 0 Å². The molecule has 0 bridgehead atoms. The Morgan fingerprint density at radius 2 is 1.96 bits per heavy atom. The number of carbonyl (C=O) groups is 1. The number of halogens is 1. The van der Waals surface area contributed by atoms with Crippen LogP contribution in [-0.4, -0.2) is 48.6 Å². The molecule has 1 N–H and O–H groups in total. The van der Waals surface area contributed by atoms with Gasteiger partial charge in [-0.15, -0.1) is 0 Å². The maximum Gasteiger partial charge on any atom is 0.263 e. The summed E-state index contributed by atoms with van der Waals surface area (Å²) >= 11 is 0. The summed E-state index contributed by atoms with van der Waals surface area (Å²) < 4.78 is 25.6. The quantitative estimate of drug-likeness (QED) is 0.732. The van der Waals surface area contributed by atoms with E-state index in [4.69, 9.17) is 9.47 Å². The number of rotatable bonds is 5. The van der Waals surface area contributed by atoms with Crippen molar-refractivity contribution in [1.29, 1.82) is 0 Å². The summed E-state index contributed by atoms with van der Waals surface area (Å²) in [6, 6.07) is 11.5. The summed E-state index contributed by atoms with van der Waals surface area (Å²) in [5.74, 6) is 0.234. The molecule has 7 nitrogen and oxygen atoms in total. The van der Waals surface area contributed by atoms with Crippen LogP contribution >= 0.6 is 0 Å². The standard InChI is InChI=1S/C20H21FN4O3/c1-24-16-3-2-4-17(25-9-11-27-12-10-25)19(16)20(23-24)22-18(26)13-28-15-7-5-14(21)6-8-15/h2-8H,9-13H2,1H3,(H,22,23,26). The minimum absolute atomic E-state index is 0.191. The third-order valence-electron chi connectivity index (χ3n) is 4.65. The second-order valence-corrected chi connectivity index (χ2v) is 6.53. The van der Waals surface area contributed by atoms with Crippen molar-refractivity contribution >= 4 is 28.3 Å². The summed E-state index contributed by atoms with van der Waals surface area (Å²) in [4.78, 5) is 14.6. The van der Waals surface area contributed by atoms with E-state index in [9.17, 15) is 9.18 Å². The molecule has 0 saturated carbocycles. The van der Waals surface area contributed by atoms with Gasteiger partial charge in [-0.3, -0.25) is 9.48 Å². The Morgan fingerprint density at radius 1 is 1.21 bits per heavy atom. The van der Waals surface area contributed by atoms with E-state index in [-0.39, 0.29) is 18.3 Å². The van der Waals surface area contributed by atoms with Crippen LogP contribution in [0.1, 0.15) is 0 Å². The Bertz CT molecular complexity index is 981. The molecule has 0 atom stereocenters. The Kier molecular flexibility index (Phi) is 5.12. The lowest BCUT2D eigenvalue weighted by molar-refractivity contribution is -0.118. The molecular formula is C20H21FN4O3. The van der Waals surface area contributed by atoms with Gasteiger partial charge in [0.15, 0.2) is 12.4 Å². The number of anilines is 2. The van der Waals surface area contributed by atoms with Gasteiger partial charge in [0, 0.05) is 20.1 Å². The largest absolute Gasteiger partial charge is 0.484 e. The number of aryl methyl sites for hydroxylation is 1. The normalized spacial score (nSPS) is 14.3. The van der Waals surface area contributed by atoms with Gasteiger partial charge in [-0.1, -0.05) is 6.07 Å². The zero-order valence-electron chi connectivity index (χ0n) is 15.5. The van der Waals surface area contributed by atoms with Crippen LogP contribution < -0.4 is 15.0 Å². The molecule has 1 aliphatic heterocycles. The second-order valence-electron chi connectivity index (χ2n) is 6.53. The first-order valence-electron chi connectivity index (χ1n) is 9.08. The van der Waals surface area contributed by atoms with Crippen LogP contribution in [0.4, 0.5) is 15.9 Å². The van der Waals surface area contributed by atoms with Crippen LogP contribution in [0.3, 0.4) is 0 Å². The molecule has 1 saturated heterocycles. The molecule has 4 rings (SSSR count). The van der Waals surface area contributed by atoms with Crippen molar-refractivity contribution in [2.24, 2.45) is 7.05 Å². The average molecular weight is 384 g/mol. The molecule has 1 amide bonds. The summed E-state index contributed by atoms with van der Waals surface area (Å²) in [6.07, 6.45) is 0. The van der Waals surface area contributed by atoms with Crippen molar-refractivity contribution in [3.63, 3.8) is 0 Å². The molecule has 1 fully saturated rings. The molecule has 0 unspecified atom stereocenters. The molecule has 146 valence electrons. The molecule has 0 spiro atoms. The number of aromatic nitrogens is 2. The molecule has 3 aromatic rings. The molecule has 0 radical (unpaired) electrons. The predicted octanol–water partition coefficient (Wildman–Crippen LogP) is 2.57. The fraction of sp³-hybridized carbons (Fsp3) is 0.300. The first-order chi connectivity index (χ1) is 13.6. The fourth-order valence-electron chi connectivity index (χ4n) is 3.30. The molecule has 8 heteroatoms. The molecular weight excluding hydrogens is 363 g/mol. The number of ether oxygens (including phenoxy) is 2. The van der Waals surface area contributed by atoms with E-state index in [0.29, 0.717) is 24.8 Å². The number of carbonyl (C=O) groups excluding carboxylic acids is 1. The highest BCUT2D eigenvalue weighted by molar-refractivity contribution is 6.06. The summed E-state index contributed by atoms with van der Waals surface area (Å²) in [6.45, 7) is 2.72. The Balaban J connectivity index is 1.54. The monoisotopic (exact) mass is 384 g/mol. The van der Waals surface area contributed by atoms with E-state index in [1.807, 2.05) is 25.2 Å². The predicted molar refractivity (Wildman–Crippen MR) is 104 cm³/mol. The van der Waals surface area contributed by atoms with E-state index in [1.54, 1.807) is 4.68 Å². The van der Waals surface area contributed by atoms with Gasteiger partial charge < -0.3 is 19.7 Å². The average Bonchev–Trinajstić information content (AvgIpc) is 3.04. The summed E-state index contributed by atoms with van der Waals surface area (Å²) in [7, 11) is 1.84. The number of fused-ring (bicyclic) bond motifs is 1. The van der Waals surface area contributed by atoms with Crippen molar-refractivity contribution in [1.82, 2.24) is 9.78 Å². The van der Waals surface area contributed by atoms with Crippen molar-refractivity contribution in [3.8, 4) is 5.75 Å². The minimum Gasteiger partial charge on any atom is -0.484 e. The van der Waals surface area contributed by atoms with Gasteiger partial charge in [0.25, 0.3) is 5.91 Å². The van der Waals surface area contributed by atoms with Crippen molar-refractivity contribution in [2.75, 3.05) is 43.1 Å². The minimum atomic E-state index is -0.354. The highest BCUT2D eigenvalue weighted by Crippen LogP contribution is 2.33. The van der Waals surface area contributed by atoms with Crippen LogP contribution in [-0.2, 0) is 16.6 Å². The Labute approximate surface area is 161 Å². The third kappa shape index (κ3) is 3.77. The maximum atomic E-state index is 13.0. The van der Waals surface area contributed by atoms with Crippen molar-refractivity contribution in [2.45, 2.75) is 0 Å². The van der Waals surface area contributed by atoms with Gasteiger partial charge in [-0.05, 0) is 36.4 Å². The van der Waals surface area contributed by atoms with E-state index in [0.717, 1.165) is 29.7 Å². The lowest BCUT2D eigenvalue weighted by Crippen LogP contribution is -2.36. The molecule has 2 heterocycles. The number of nitrogens with one attached hydrogen (secondary N) is 1. The van der Waals surface area contributed by atoms with Gasteiger partial charge in [-0.25, -0.2) is 4.39 Å².